The Morgan fingerprint density at radius 1 is 1.50 bits per heavy atom. The molecule has 0 saturated heterocycles. The minimum atomic E-state index is -0.683. The van der Waals surface area contributed by atoms with Gasteiger partial charge in [0.2, 0.25) is 0 Å². The fraction of sp³-hybridized carbons (Fsp3) is 0.818. The van der Waals surface area contributed by atoms with Gasteiger partial charge in [-0.3, -0.25) is 4.90 Å². The third-order valence-electron chi connectivity index (χ3n) is 2.20. The molecule has 0 aliphatic carbocycles. The molecule has 0 aromatic carbocycles. The number of hydrogen-bond donors (Lipinski definition) is 1. The number of aliphatic hydroxyl groups is 1. The smallest absolute Gasteiger partial charge is 0.141 e. The zero-order chi connectivity index (χ0) is 12.3. The van der Waals surface area contributed by atoms with E-state index in [-0.39, 0.29) is 0 Å². The average Bonchev–Trinajstić information content (AvgIpc) is 2.47. The van der Waals surface area contributed by atoms with Gasteiger partial charge in [-0.05, 0) is 34.7 Å². The van der Waals surface area contributed by atoms with E-state index in [4.69, 9.17) is 0 Å². The summed E-state index contributed by atoms with van der Waals surface area (Å²) in [6.45, 7) is 9.07. The first-order valence-corrected chi connectivity index (χ1v) is 5.59. The van der Waals surface area contributed by atoms with Crippen LogP contribution in [0.3, 0.4) is 0 Å². The van der Waals surface area contributed by atoms with Crippen LogP contribution in [0.2, 0.25) is 0 Å². The molecule has 0 aliphatic rings. The molecular weight excluding hydrogens is 204 g/mol. The largest absolute Gasteiger partial charge is 0.389 e. The van der Waals surface area contributed by atoms with E-state index in [9.17, 15) is 5.11 Å². The van der Waals surface area contributed by atoms with Crippen LogP contribution in [0.5, 0.6) is 0 Å². The van der Waals surface area contributed by atoms with E-state index in [1.54, 1.807) is 20.2 Å². The van der Waals surface area contributed by atoms with Crippen LogP contribution >= 0.6 is 0 Å². The molecular formula is C11H22N4O. The van der Waals surface area contributed by atoms with E-state index in [0.29, 0.717) is 19.1 Å². The van der Waals surface area contributed by atoms with Gasteiger partial charge in [-0.1, -0.05) is 0 Å². The summed E-state index contributed by atoms with van der Waals surface area (Å²) in [6.07, 6.45) is 1.58. The molecule has 1 heterocycles. The fourth-order valence-electron chi connectivity index (χ4n) is 1.78. The SMILES string of the molecule is CC(C)n1ncnc1CN(C)CC(C)(C)O. The standard InChI is InChI=1S/C11H22N4O/c1-9(2)15-10(12-8-13-15)6-14(5)7-11(3,4)16/h8-9,16H,6-7H2,1-5H3. The van der Waals surface area contributed by atoms with E-state index in [2.05, 4.69) is 23.9 Å². The van der Waals surface area contributed by atoms with Crippen molar-refractivity contribution >= 4 is 0 Å². The second-order valence-corrected chi connectivity index (χ2v) is 5.20. The lowest BCUT2D eigenvalue weighted by molar-refractivity contribution is 0.0413. The number of nitrogens with zero attached hydrogens (tertiary/aromatic N) is 4. The van der Waals surface area contributed by atoms with Crippen molar-refractivity contribution < 1.29 is 5.11 Å². The monoisotopic (exact) mass is 226 g/mol. The summed E-state index contributed by atoms with van der Waals surface area (Å²) in [6, 6.07) is 0.313. The average molecular weight is 226 g/mol. The van der Waals surface area contributed by atoms with E-state index in [1.807, 2.05) is 16.6 Å². The Hall–Kier alpha value is -0.940. The summed E-state index contributed by atoms with van der Waals surface area (Å²) in [5.74, 6) is 0.932. The number of rotatable bonds is 5. The predicted octanol–water partition coefficient (Wildman–Crippen LogP) is 1.06. The van der Waals surface area contributed by atoms with Crippen molar-refractivity contribution in [3.63, 3.8) is 0 Å². The van der Waals surface area contributed by atoms with Crippen molar-refractivity contribution in [3.05, 3.63) is 12.2 Å². The first-order chi connectivity index (χ1) is 7.29. The van der Waals surface area contributed by atoms with Crippen molar-refractivity contribution in [2.24, 2.45) is 0 Å². The lowest BCUT2D eigenvalue weighted by atomic mass is 10.1. The predicted molar refractivity (Wildman–Crippen MR) is 63.0 cm³/mol. The molecule has 1 aromatic rings. The van der Waals surface area contributed by atoms with Crippen LogP contribution < -0.4 is 0 Å². The van der Waals surface area contributed by atoms with Gasteiger partial charge in [0.1, 0.15) is 12.2 Å². The minimum Gasteiger partial charge on any atom is -0.389 e. The molecule has 1 N–H and O–H groups in total. The van der Waals surface area contributed by atoms with Gasteiger partial charge in [0, 0.05) is 12.6 Å². The highest BCUT2D eigenvalue weighted by Crippen LogP contribution is 2.09. The third-order valence-corrected chi connectivity index (χ3v) is 2.20. The molecule has 0 unspecified atom stereocenters. The van der Waals surface area contributed by atoms with Gasteiger partial charge >= 0.3 is 0 Å². The number of likely N-dealkylation sites (N-methyl/N-ethyl adjacent to an activating group) is 1. The van der Waals surface area contributed by atoms with Crippen LogP contribution in [0.25, 0.3) is 0 Å². The summed E-state index contributed by atoms with van der Waals surface area (Å²) in [4.78, 5) is 6.28. The molecule has 0 amide bonds. The van der Waals surface area contributed by atoms with Crippen LogP contribution in [-0.2, 0) is 6.54 Å². The number of aromatic nitrogens is 3. The van der Waals surface area contributed by atoms with Crippen LogP contribution in [0.1, 0.15) is 39.6 Å². The van der Waals surface area contributed by atoms with Gasteiger partial charge in [0.15, 0.2) is 0 Å². The fourth-order valence-corrected chi connectivity index (χ4v) is 1.78. The highest BCUT2D eigenvalue weighted by atomic mass is 16.3. The second kappa shape index (κ2) is 4.93. The molecule has 0 aliphatic heterocycles. The lowest BCUT2D eigenvalue weighted by Gasteiger charge is -2.25. The maximum atomic E-state index is 9.71. The van der Waals surface area contributed by atoms with Gasteiger partial charge in [0.25, 0.3) is 0 Å². The molecule has 92 valence electrons. The quantitative estimate of drug-likeness (QED) is 0.815. The molecule has 0 bridgehead atoms. The van der Waals surface area contributed by atoms with Gasteiger partial charge in [0.05, 0.1) is 12.1 Å². The summed E-state index contributed by atoms with van der Waals surface area (Å²) >= 11 is 0. The first kappa shape index (κ1) is 13.1. The zero-order valence-electron chi connectivity index (χ0n) is 10.8. The van der Waals surface area contributed by atoms with Gasteiger partial charge in [-0.15, -0.1) is 0 Å². The summed E-state index contributed by atoms with van der Waals surface area (Å²) in [7, 11) is 1.97. The molecule has 1 rings (SSSR count). The van der Waals surface area contributed by atoms with Crippen molar-refractivity contribution in [3.8, 4) is 0 Å². The molecule has 0 spiro atoms. The molecule has 0 fully saturated rings. The Labute approximate surface area is 97.1 Å². The first-order valence-electron chi connectivity index (χ1n) is 5.59. The normalized spacial score (nSPS) is 12.8. The van der Waals surface area contributed by atoms with E-state index in [1.165, 1.54) is 0 Å². The van der Waals surface area contributed by atoms with Crippen LogP contribution in [0, 0.1) is 0 Å². The minimum absolute atomic E-state index is 0.313. The summed E-state index contributed by atoms with van der Waals surface area (Å²) < 4.78 is 1.90. The Morgan fingerprint density at radius 3 is 2.62 bits per heavy atom. The van der Waals surface area contributed by atoms with Gasteiger partial charge in [-0.25, -0.2) is 9.67 Å². The zero-order valence-corrected chi connectivity index (χ0v) is 10.8. The van der Waals surface area contributed by atoms with Gasteiger partial charge in [-0.2, -0.15) is 5.10 Å². The molecule has 0 saturated carbocycles. The van der Waals surface area contributed by atoms with Gasteiger partial charge < -0.3 is 5.11 Å². The maximum Gasteiger partial charge on any atom is 0.141 e. The third kappa shape index (κ3) is 3.90. The molecule has 0 radical (unpaired) electrons. The topological polar surface area (TPSA) is 54.2 Å². The molecule has 5 nitrogen and oxygen atoms in total. The van der Waals surface area contributed by atoms with Crippen LogP contribution in [0.4, 0.5) is 0 Å². The van der Waals surface area contributed by atoms with Crippen molar-refractivity contribution in [2.75, 3.05) is 13.6 Å². The molecule has 0 atom stereocenters. The van der Waals surface area contributed by atoms with E-state index in [0.717, 1.165) is 5.82 Å². The van der Waals surface area contributed by atoms with Crippen LogP contribution in [0.15, 0.2) is 6.33 Å². The lowest BCUT2D eigenvalue weighted by Crippen LogP contribution is -2.36. The molecule has 5 heteroatoms. The van der Waals surface area contributed by atoms with Crippen LogP contribution in [-0.4, -0.2) is 44.0 Å². The molecule has 16 heavy (non-hydrogen) atoms. The molecule has 1 aromatic heterocycles. The van der Waals surface area contributed by atoms with E-state index >= 15 is 0 Å². The maximum absolute atomic E-state index is 9.71. The Balaban J connectivity index is 2.63. The Morgan fingerprint density at radius 2 is 2.12 bits per heavy atom. The highest BCUT2D eigenvalue weighted by Gasteiger charge is 2.17. The Bertz CT molecular complexity index is 327. The summed E-state index contributed by atoms with van der Waals surface area (Å²) in [5.41, 5.74) is -0.683. The second-order valence-electron chi connectivity index (χ2n) is 5.20. The highest BCUT2D eigenvalue weighted by molar-refractivity contribution is 4.87. The summed E-state index contributed by atoms with van der Waals surface area (Å²) in [5, 5.41) is 13.9. The Kier molecular flexibility index (Phi) is 4.04. The van der Waals surface area contributed by atoms with Crippen molar-refractivity contribution in [1.29, 1.82) is 0 Å². The number of hydrogen-bond acceptors (Lipinski definition) is 4. The van der Waals surface area contributed by atoms with Crippen molar-refractivity contribution in [1.82, 2.24) is 19.7 Å². The van der Waals surface area contributed by atoms with E-state index < -0.39 is 5.60 Å². The van der Waals surface area contributed by atoms with Crippen molar-refractivity contribution in [2.45, 2.75) is 45.9 Å².